The van der Waals surface area contributed by atoms with Gasteiger partial charge in [0.1, 0.15) is 22.4 Å². The molecule has 7 unspecified atom stereocenters. The molecular formula is C128H240O22. The molecule has 18 saturated carbocycles. The van der Waals surface area contributed by atoms with Gasteiger partial charge in [-0.15, -0.1) is 0 Å². The zero-order valence-electron chi connectivity index (χ0n) is 101. The van der Waals surface area contributed by atoms with Gasteiger partial charge in [0.15, 0.2) is 26.4 Å². The number of ether oxygens (including phenoxy) is 12. The van der Waals surface area contributed by atoms with E-state index in [4.69, 9.17) is 56.8 Å². The van der Waals surface area contributed by atoms with E-state index in [-0.39, 0.29) is 103 Å². The minimum Gasteiger partial charge on any atom is -0.457 e. The fraction of sp³-hybridized carbons (Fsp3) is 0.922. The number of carbonyl (C=O) groups excluding carboxylic acids is 10. The second-order valence-corrected chi connectivity index (χ2v) is 49.4. The van der Waals surface area contributed by atoms with Crippen LogP contribution in [-0.2, 0) is 105 Å². The molecule has 150 heavy (non-hydrogen) atoms. The maximum absolute atomic E-state index is 12.5. The Kier molecular flexibility index (Phi) is 64.4. The highest BCUT2D eigenvalue weighted by molar-refractivity contribution is 5.82. The van der Waals surface area contributed by atoms with E-state index in [0.29, 0.717) is 49.4 Å². The Hall–Kier alpha value is -5.38. The highest BCUT2D eigenvalue weighted by Gasteiger charge is 2.72. The van der Waals surface area contributed by atoms with Crippen molar-refractivity contribution >= 4 is 59.7 Å². The molecule has 18 rings (SSSR count). The van der Waals surface area contributed by atoms with Crippen LogP contribution in [0.5, 0.6) is 0 Å². The molecule has 0 heterocycles. The van der Waals surface area contributed by atoms with Gasteiger partial charge in [0.2, 0.25) is 12.6 Å². The summed E-state index contributed by atoms with van der Waals surface area (Å²) in [5, 5.41) is 0. The normalized spacial score (nSPS) is 26.8. The Morgan fingerprint density at radius 1 is 0.260 bits per heavy atom. The number of hydrogen-bond acceptors (Lipinski definition) is 22. The van der Waals surface area contributed by atoms with Gasteiger partial charge in [-0.1, -0.05) is 233 Å². The molecule has 0 radical (unpaired) electrons. The summed E-state index contributed by atoms with van der Waals surface area (Å²) in [7, 11) is 0. The predicted molar refractivity (Wildman–Crippen MR) is 613 cm³/mol. The fourth-order valence-electron chi connectivity index (χ4n) is 26.3. The maximum atomic E-state index is 12.5. The van der Waals surface area contributed by atoms with Crippen LogP contribution in [0.4, 0.5) is 0 Å². The number of carbonyl (C=O) groups is 10. The van der Waals surface area contributed by atoms with Gasteiger partial charge in [-0.25, -0.2) is 19.2 Å². The minimum absolute atomic E-state index is 0. The number of hydrogen-bond donors (Lipinski definition) is 0. The second kappa shape index (κ2) is 65.9. The first kappa shape index (κ1) is 147. The van der Waals surface area contributed by atoms with E-state index < -0.39 is 91.4 Å². The molecule has 884 valence electrons. The molecule has 0 amide bonds. The van der Waals surface area contributed by atoms with Gasteiger partial charge in [0, 0.05) is 0 Å². The second-order valence-electron chi connectivity index (χ2n) is 49.4. The fourth-order valence-corrected chi connectivity index (χ4v) is 26.3. The van der Waals surface area contributed by atoms with Crippen LogP contribution in [-0.4, -0.2) is 132 Å². The van der Waals surface area contributed by atoms with E-state index in [9.17, 15) is 47.9 Å². The van der Waals surface area contributed by atoms with E-state index in [1.807, 2.05) is 249 Å². The van der Waals surface area contributed by atoms with Crippen molar-refractivity contribution in [2.24, 2.45) is 139 Å². The average molecular weight is 2130 g/mol. The van der Waals surface area contributed by atoms with Crippen molar-refractivity contribution in [3.05, 3.63) is 0 Å². The quantitative estimate of drug-likeness (QED) is 0.0317. The van der Waals surface area contributed by atoms with Crippen molar-refractivity contribution in [1.82, 2.24) is 0 Å². The van der Waals surface area contributed by atoms with Gasteiger partial charge < -0.3 is 56.8 Å². The summed E-state index contributed by atoms with van der Waals surface area (Å²) in [6.07, 6.45) is 42.4. The zero-order valence-corrected chi connectivity index (χ0v) is 101. The van der Waals surface area contributed by atoms with E-state index >= 15 is 0 Å². The molecule has 18 aliphatic rings. The summed E-state index contributed by atoms with van der Waals surface area (Å²) in [5.74, 6) is 11.1. The summed E-state index contributed by atoms with van der Waals surface area (Å²) in [4.78, 5) is 120. The Labute approximate surface area is 921 Å². The average Bonchev–Trinajstić information content (AvgIpc) is 0.859. The summed E-state index contributed by atoms with van der Waals surface area (Å²) < 4.78 is 67.6. The first-order valence-electron chi connectivity index (χ1n) is 59.9. The van der Waals surface area contributed by atoms with Crippen LogP contribution < -0.4 is 0 Å². The molecule has 0 spiro atoms. The van der Waals surface area contributed by atoms with Crippen molar-refractivity contribution in [2.75, 3.05) is 26.4 Å². The first-order valence-corrected chi connectivity index (χ1v) is 59.9. The van der Waals surface area contributed by atoms with Gasteiger partial charge in [-0.3, -0.25) is 28.8 Å². The molecule has 22 heteroatoms. The van der Waals surface area contributed by atoms with Crippen LogP contribution in [0.2, 0.25) is 0 Å². The maximum Gasteiger partial charge on any atom is 0.344 e. The Morgan fingerprint density at radius 2 is 0.513 bits per heavy atom. The van der Waals surface area contributed by atoms with Crippen molar-refractivity contribution in [2.45, 2.75) is 597 Å². The molecule has 0 aromatic rings. The van der Waals surface area contributed by atoms with Crippen molar-refractivity contribution in [3.63, 3.8) is 0 Å². The molecule has 0 N–H and O–H groups in total. The molecule has 16 bridgehead atoms. The van der Waals surface area contributed by atoms with Crippen molar-refractivity contribution in [1.29, 1.82) is 0 Å². The van der Waals surface area contributed by atoms with Crippen LogP contribution in [0.15, 0.2) is 0 Å². The number of rotatable bonds is 37. The monoisotopic (exact) mass is 2130 g/mol. The third kappa shape index (κ3) is 39.1. The zero-order chi connectivity index (χ0) is 112. The summed E-state index contributed by atoms with van der Waals surface area (Å²) in [6.45, 7) is 76.8. The van der Waals surface area contributed by atoms with Crippen LogP contribution >= 0.6 is 0 Å². The highest BCUT2D eigenvalue weighted by atomic mass is 16.7. The largest absolute Gasteiger partial charge is 0.457 e. The summed E-state index contributed by atoms with van der Waals surface area (Å²) >= 11 is 0. The lowest BCUT2D eigenvalue weighted by Gasteiger charge is -2.74. The van der Waals surface area contributed by atoms with E-state index in [1.54, 1.807) is 13.8 Å². The van der Waals surface area contributed by atoms with Gasteiger partial charge in [0.05, 0.1) is 43.7 Å². The lowest BCUT2D eigenvalue weighted by Crippen LogP contribution is -2.72. The molecule has 22 nitrogen and oxygen atoms in total. The lowest BCUT2D eigenvalue weighted by atomic mass is 9.34. The third-order valence-electron chi connectivity index (χ3n) is 37.5. The standard InChI is InChI=1S/2C22H34O3.C19H34O4.C18H32O4.C17H30O4.C14H24O4.6C2H6.4CH4/c1-5-21(3,4)20(23)24-12(2)25-22-11-14-7-16-15-6-13(9-18(16)22)10-19(22)17(15)8-14;1-5-21(3,4)20(23)24-12(2)25-22-9-17-14-6-13-7-15(17)19(11-22)16(8-13)18(14)10-22;1-6-18(4,5)17(21)22-14-16(20)23-19(7-2,8-3)15-12-10-9-11-13-15;1-6-17(3,4)16(20)21-13-15(19)22-18(5,7-2)14-11-9-8-10-12-14;1-6-16(2,3)15(19)20-12-14(18)21-17(4,5)13-10-8-7-9-11-13;1-6-13(2,3)12(16)17-9-11(15)18-14(4,5)10-7-8-10;6*1-2;;;;/h2*12-19H,5-11H2,1-4H3;15H,6-14H2,1-5H3;14H,6-13H2,1-5H3;13H,6-12H2,1-5H3;10H,6-9H2,1-5H3;6*1-2H3;4*1H4. The van der Waals surface area contributed by atoms with Gasteiger partial charge in [-0.2, -0.15) is 0 Å². The van der Waals surface area contributed by atoms with E-state index in [1.165, 1.54) is 135 Å². The summed E-state index contributed by atoms with van der Waals surface area (Å²) in [5.41, 5.74) is -4.79. The molecule has 18 aliphatic carbocycles. The smallest absolute Gasteiger partial charge is 0.344 e. The van der Waals surface area contributed by atoms with Crippen molar-refractivity contribution < 1.29 is 105 Å². The molecule has 18 fully saturated rings. The van der Waals surface area contributed by atoms with Crippen LogP contribution in [0.1, 0.15) is 551 Å². The third-order valence-corrected chi connectivity index (χ3v) is 37.5. The molecule has 0 aliphatic heterocycles. The highest BCUT2D eigenvalue weighted by Crippen LogP contribution is 2.75. The molecule has 0 aromatic carbocycles. The lowest BCUT2D eigenvalue weighted by molar-refractivity contribution is -0.338. The van der Waals surface area contributed by atoms with E-state index in [0.717, 1.165) is 166 Å². The predicted octanol–water partition coefficient (Wildman–Crippen LogP) is 33.8. The molecule has 7 atom stereocenters. The van der Waals surface area contributed by atoms with Crippen LogP contribution in [0.3, 0.4) is 0 Å². The Bertz CT molecular complexity index is 3800. The Balaban J connectivity index is 0. The van der Waals surface area contributed by atoms with Crippen LogP contribution in [0.25, 0.3) is 0 Å². The summed E-state index contributed by atoms with van der Waals surface area (Å²) in [6, 6.07) is 0. The topological polar surface area (TPSA) is 281 Å². The SMILES string of the molecule is C.C.C.C.CC.CC.CC.CC.CC.CC.CCC(C)(C)C(=O)OC(C)OC12CC3C4CC5CC3C(C1)C(C5)C4C2.CCC(C)(C)C(=O)OC(C)OC12CC3CC4C5CC(CC41)CC2C5C3.CCC(C)(C)C(=O)OCC(=O)OC(C)(C)C1CC1.CCC(C)(C)C(=O)OCC(=O)OC(C)(C)C1CCCCC1.CCC(C)(C)C(=O)OCC(=O)OC(C)(CC)C1CCCCC1.CCC(C)(C)C(=O)OCC(=O)OC(CC)(CC)C1CCCCC1. The van der Waals surface area contributed by atoms with Crippen molar-refractivity contribution in [3.8, 4) is 0 Å². The van der Waals surface area contributed by atoms with Gasteiger partial charge in [-0.05, 0) is 424 Å². The molecule has 0 aromatic heterocycles. The van der Waals surface area contributed by atoms with Gasteiger partial charge >= 0.3 is 59.7 Å². The van der Waals surface area contributed by atoms with E-state index in [2.05, 4.69) is 13.8 Å². The minimum atomic E-state index is -0.559. The molecular weight excluding hydrogens is 1890 g/mol. The Morgan fingerprint density at radius 3 is 0.807 bits per heavy atom. The van der Waals surface area contributed by atoms with Crippen LogP contribution in [0, 0.1) is 139 Å². The first-order chi connectivity index (χ1) is 68.6. The van der Waals surface area contributed by atoms with Gasteiger partial charge in [0.25, 0.3) is 0 Å². The number of esters is 10. The molecule has 0 saturated heterocycles.